The van der Waals surface area contributed by atoms with Crippen LogP contribution in [0.2, 0.25) is 0 Å². The predicted octanol–water partition coefficient (Wildman–Crippen LogP) is 6.19. The van der Waals surface area contributed by atoms with Gasteiger partial charge in [-0.3, -0.25) is 0 Å². The van der Waals surface area contributed by atoms with Crippen LogP contribution in [0.1, 0.15) is 27.7 Å². The third kappa shape index (κ3) is 3.75. The zero-order valence-corrected chi connectivity index (χ0v) is 15.7. The number of fused-ring (bicyclic) bond motifs is 1. The van der Waals surface area contributed by atoms with Gasteiger partial charge >= 0.3 is 0 Å². The van der Waals surface area contributed by atoms with Crippen molar-refractivity contribution in [1.29, 1.82) is 0 Å². The fourth-order valence-corrected chi connectivity index (χ4v) is 2.63. The summed E-state index contributed by atoms with van der Waals surface area (Å²) in [4.78, 5) is 8.32. The molecule has 0 fully saturated rings. The van der Waals surface area contributed by atoms with Crippen LogP contribution < -0.4 is 5.73 Å². The zero-order chi connectivity index (χ0) is 18.9. The van der Waals surface area contributed by atoms with E-state index in [0.29, 0.717) is 11.5 Å². The number of hydrogen-bond acceptors (Lipinski definition) is 4. The van der Waals surface area contributed by atoms with E-state index in [9.17, 15) is 0 Å². The van der Waals surface area contributed by atoms with Crippen LogP contribution in [0.15, 0.2) is 71.4 Å². The normalized spacial score (nSPS) is 9.69. The summed E-state index contributed by atoms with van der Waals surface area (Å²) >= 11 is 0. The van der Waals surface area contributed by atoms with Crippen LogP contribution in [-0.2, 0) is 0 Å². The Morgan fingerprint density at radius 3 is 1.85 bits per heavy atom. The minimum absolute atomic E-state index is 0.426. The molecule has 2 N–H and O–H groups in total. The van der Waals surface area contributed by atoms with Crippen molar-refractivity contribution < 1.29 is 4.42 Å². The summed E-state index contributed by atoms with van der Waals surface area (Å²) in [5.74, 6) is 1.18. The van der Waals surface area contributed by atoms with Gasteiger partial charge in [-0.2, -0.15) is 0 Å². The molecular weight excluding hydrogens is 322 g/mol. The Labute approximate surface area is 154 Å². The fraction of sp³-hybridized carbons (Fsp3) is 0.182. The quantitative estimate of drug-likeness (QED) is 0.469. The first kappa shape index (κ1) is 19.2. The number of nitrogens with zero attached hydrogens (tertiary/aromatic N) is 2. The van der Waals surface area contributed by atoms with Crippen molar-refractivity contribution in [3.63, 3.8) is 0 Å². The Hall–Kier alpha value is -3.14. The lowest BCUT2D eigenvalue weighted by Crippen LogP contribution is -1.92. The Morgan fingerprint density at radius 2 is 1.27 bits per heavy atom. The molecule has 0 atom stereocenters. The van der Waals surface area contributed by atoms with E-state index in [2.05, 4.69) is 9.97 Å². The lowest BCUT2D eigenvalue weighted by Gasteiger charge is -2.04. The van der Waals surface area contributed by atoms with Gasteiger partial charge in [0.25, 0.3) is 0 Å². The van der Waals surface area contributed by atoms with Crippen molar-refractivity contribution in [1.82, 2.24) is 9.97 Å². The number of nitrogen functional groups attached to an aromatic ring is 1. The molecule has 26 heavy (non-hydrogen) atoms. The van der Waals surface area contributed by atoms with Gasteiger partial charge in [0.15, 0.2) is 0 Å². The molecular formula is C22H25N3O. The van der Waals surface area contributed by atoms with Crippen LogP contribution in [0.3, 0.4) is 0 Å². The maximum Gasteiger partial charge on any atom is 0.232 e. The van der Waals surface area contributed by atoms with Gasteiger partial charge in [-0.1, -0.05) is 88.4 Å². The minimum Gasteiger partial charge on any atom is -0.437 e. The minimum atomic E-state index is 0.426. The molecule has 0 unspecified atom stereocenters. The standard InChI is InChI=1S/C18H13N3O.2C2H6/c19-17-15-14(12-7-3-1-4-8-12)16(13-9-5-2-6-10-13)22-18(15)21-11-20-17;2*1-2/h1-11H,(H2,19,20,21);2*1-2H3. The number of aromatic nitrogens is 2. The van der Waals surface area contributed by atoms with Gasteiger partial charge in [0.1, 0.15) is 17.9 Å². The molecule has 0 aliphatic rings. The van der Waals surface area contributed by atoms with Gasteiger partial charge < -0.3 is 10.2 Å². The monoisotopic (exact) mass is 347 g/mol. The van der Waals surface area contributed by atoms with Crippen LogP contribution in [0.4, 0.5) is 5.82 Å². The number of nitrogens with two attached hydrogens (primary N) is 1. The molecule has 4 nitrogen and oxygen atoms in total. The molecule has 0 bridgehead atoms. The largest absolute Gasteiger partial charge is 0.437 e. The van der Waals surface area contributed by atoms with E-state index >= 15 is 0 Å². The second-order valence-electron chi connectivity index (χ2n) is 4.98. The second-order valence-corrected chi connectivity index (χ2v) is 4.98. The van der Waals surface area contributed by atoms with Crippen molar-refractivity contribution in [3.05, 3.63) is 67.0 Å². The summed E-state index contributed by atoms with van der Waals surface area (Å²) in [5.41, 5.74) is 9.52. The van der Waals surface area contributed by atoms with Crippen LogP contribution >= 0.6 is 0 Å². The van der Waals surface area contributed by atoms with E-state index in [-0.39, 0.29) is 0 Å². The highest BCUT2D eigenvalue weighted by molar-refractivity contribution is 6.05. The van der Waals surface area contributed by atoms with Crippen LogP contribution in [-0.4, -0.2) is 9.97 Å². The van der Waals surface area contributed by atoms with E-state index in [1.165, 1.54) is 6.33 Å². The van der Waals surface area contributed by atoms with Gasteiger partial charge in [0.2, 0.25) is 5.71 Å². The number of furan rings is 1. The fourth-order valence-electron chi connectivity index (χ4n) is 2.63. The first-order valence-electron chi connectivity index (χ1n) is 8.98. The molecule has 134 valence electrons. The molecule has 0 aliphatic heterocycles. The van der Waals surface area contributed by atoms with E-state index in [1.54, 1.807) is 0 Å². The van der Waals surface area contributed by atoms with Crippen LogP contribution in [0.5, 0.6) is 0 Å². The lowest BCUT2D eigenvalue weighted by molar-refractivity contribution is 0.618. The molecule has 4 heteroatoms. The average molecular weight is 347 g/mol. The second kappa shape index (κ2) is 9.37. The molecule has 2 aromatic carbocycles. The number of rotatable bonds is 2. The molecule has 0 spiro atoms. The summed E-state index contributed by atoms with van der Waals surface area (Å²) in [7, 11) is 0. The topological polar surface area (TPSA) is 64.9 Å². The van der Waals surface area contributed by atoms with Gasteiger partial charge in [0.05, 0.1) is 5.39 Å². The van der Waals surface area contributed by atoms with E-state index in [4.69, 9.17) is 10.2 Å². The summed E-state index contributed by atoms with van der Waals surface area (Å²) in [6.07, 6.45) is 1.42. The van der Waals surface area contributed by atoms with Crippen molar-refractivity contribution >= 4 is 16.9 Å². The number of benzene rings is 2. The Balaban J connectivity index is 0.000000570. The van der Waals surface area contributed by atoms with Gasteiger partial charge in [0, 0.05) is 11.1 Å². The zero-order valence-electron chi connectivity index (χ0n) is 15.7. The summed E-state index contributed by atoms with van der Waals surface area (Å²) in [6.45, 7) is 8.00. The van der Waals surface area contributed by atoms with E-state index in [1.807, 2.05) is 88.4 Å². The first-order chi connectivity index (χ1) is 12.8. The maximum absolute atomic E-state index is 6.07. The third-order valence-electron chi connectivity index (χ3n) is 3.62. The Kier molecular flexibility index (Phi) is 6.92. The molecule has 4 aromatic rings. The van der Waals surface area contributed by atoms with Crippen LogP contribution in [0, 0.1) is 0 Å². The van der Waals surface area contributed by atoms with Crippen LogP contribution in [0.25, 0.3) is 33.6 Å². The van der Waals surface area contributed by atoms with Gasteiger partial charge in [-0.15, -0.1) is 0 Å². The summed E-state index contributed by atoms with van der Waals surface area (Å²) in [5, 5.41) is 0.757. The number of anilines is 1. The smallest absolute Gasteiger partial charge is 0.232 e. The van der Waals surface area contributed by atoms with E-state index in [0.717, 1.165) is 27.8 Å². The molecule has 0 saturated heterocycles. The molecule has 2 heterocycles. The van der Waals surface area contributed by atoms with Gasteiger partial charge in [-0.25, -0.2) is 9.97 Å². The highest BCUT2D eigenvalue weighted by Gasteiger charge is 2.20. The SMILES string of the molecule is CC.CC.Nc1ncnc2oc(-c3ccccc3)c(-c3ccccc3)c12. The van der Waals surface area contributed by atoms with E-state index < -0.39 is 0 Å². The highest BCUT2D eigenvalue weighted by Crippen LogP contribution is 2.41. The molecule has 2 aromatic heterocycles. The van der Waals surface area contributed by atoms with Gasteiger partial charge in [-0.05, 0) is 5.56 Å². The molecule has 0 saturated carbocycles. The average Bonchev–Trinajstić information content (AvgIpc) is 3.13. The van der Waals surface area contributed by atoms with Crippen molar-refractivity contribution in [2.45, 2.75) is 27.7 Å². The summed E-state index contributed by atoms with van der Waals surface area (Å²) in [6, 6.07) is 20.0. The molecule has 0 radical (unpaired) electrons. The molecule has 4 rings (SSSR count). The molecule has 0 amide bonds. The maximum atomic E-state index is 6.07. The summed E-state index contributed by atoms with van der Waals surface area (Å²) < 4.78 is 5.99. The van der Waals surface area contributed by atoms with Crippen molar-refractivity contribution in [2.24, 2.45) is 0 Å². The lowest BCUT2D eigenvalue weighted by atomic mass is 9.99. The predicted molar refractivity (Wildman–Crippen MR) is 110 cm³/mol. The molecule has 0 aliphatic carbocycles. The Morgan fingerprint density at radius 1 is 0.731 bits per heavy atom. The van der Waals surface area contributed by atoms with Crippen molar-refractivity contribution in [2.75, 3.05) is 5.73 Å². The number of hydrogen-bond donors (Lipinski definition) is 1. The first-order valence-corrected chi connectivity index (χ1v) is 8.98. The Bertz CT molecular complexity index is 932. The van der Waals surface area contributed by atoms with Crippen molar-refractivity contribution in [3.8, 4) is 22.5 Å². The highest BCUT2D eigenvalue weighted by atomic mass is 16.3. The third-order valence-corrected chi connectivity index (χ3v) is 3.62.